The Labute approximate surface area is 202 Å². The fourth-order valence-electron chi connectivity index (χ4n) is 9.37. The first kappa shape index (κ1) is 25.0. The molecular formula is C30H48O3. The molecule has 3 saturated carbocycles. The van der Waals surface area contributed by atoms with Crippen LogP contribution in [-0.4, -0.2) is 22.3 Å². The Hall–Kier alpha value is -1.09. The Bertz CT molecular complexity index is 847. The average molecular weight is 457 g/mol. The Balaban J connectivity index is 1.71. The molecule has 3 heteroatoms. The van der Waals surface area contributed by atoms with Crippen LogP contribution in [0.3, 0.4) is 0 Å². The van der Waals surface area contributed by atoms with Crippen molar-refractivity contribution in [3.8, 4) is 0 Å². The van der Waals surface area contributed by atoms with Gasteiger partial charge in [0.2, 0.25) is 0 Å². The Morgan fingerprint density at radius 2 is 1.79 bits per heavy atom. The summed E-state index contributed by atoms with van der Waals surface area (Å²) in [4.78, 5) is 12.7. The first-order chi connectivity index (χ1) is 15.3. The van der Waals surface area contributed by atoms with Gasteiger partial charge in [-0.25, -0.2) is 0 Å². The molecule has 0 spiro atoms. The molecule has 0 radical (unpaired) electrons. The van der Waals surface area contributed by atoms with Gasteiger partial charge < -0.3 is 10.2 Å². The minimum Gasteiger partial charge on any atom is -0.481 e. The molecule has 186 valence electrons. The average Bonchev–Trinajstić information content (AvgIpc) is 3.08. The normalized spacial score (nSPS) is 42.7. The summed E-state index contributed by atoms with van der Waals surface area (Å²) in [5.74, 6) is 1.03. The number of fused-ring (bicyclic) bond motifs is 5. The van der Waals surface area contributed by atoms with E-state index in [0.717, 1.165) is 44.9 Å². The molecule has 33 heavy (non-hydrogen) atoms. The van der Waals surface area contributed by atoms with Crippen molar-refractivity contribution in [1.82, 2.24) is 0 Å². The lowest BCUT2D eigenvalue weighted by molar-refractivity contribution is -0.177. The Morgan fingerprint density at radius 3 is 2.42 bits per heavy atom. The number of rotatable bonds is 5. The van der Waals surface area contributed by atoms with E-state index in [1.807, 2.05) is 0 Å². The van der Waals surface area contributed by atoms with Gasteiger partial charge in [0.25, 0.3) is 0 Å². The Kier molecular flexibility index (Phi) is 6.47. The second kappa shape index (κ2) is 8.54. The maximum atomic E-state index is 12.7. The first-order valence-corrected chi connectivity index (χ1v) is 13.6. The highest BCUT2D eigenvalue weighted by Crippen LogP contribution is 2.70. The summed E-state index contributed by atoms with van der Waals surface area (Å²) in [6.07, 6.45) is 11.5. The number of carboxylic acid groups (broad SMARTS) is 1. The number of carboxylic acids is 1. The minimum atomic E-state index is -0.605. The van der Waals surface area contributed by atoms with E-state index >= 15 is 0 Å². The molecule has 0 saturated heterocycles. The molecular weight excluding hydrogens is 408 g/mol. The molecule has 0 aliphatic heterocycles. The topological polar surface area (TPSA) is 57.5 Å². The SMILES string of the molecule is CC(C)=CCC[C@@H](C)C1=C2[C@H](C(=O)O)C[C@H]3[C@@H](CC[C@H]4C(C)(C)[C@@H](O)CC[C@]34C)[C@]2(C)CC1. The number of aliphatic carboxylic acids is 1. The van der Waals surface area contributed by atoms with E-state index < -0.39 is 5.97 Å². The summed E-state index contributed by atoms with van der Waals surface area (Å²) in [7, 11) is 0. The van der Waals surface area contributed by atoms with E-state index in [0.29, 0.717) is 23.7 Å². The number of aliphatic hydroxyl groups excluding tert-OH is 1. The smallest absolute Gasteiger partial charge is 0.310 e. The van der Waals surface area contributed by atoms with Crippen molar-refractivity contribution < 1.29 is 15.0 Å². The van der Waals surface area contributed by atoms with E-state index in [9.17, 15) is 15.0 Å². The molecule has 0 aromatic carbocycles. The molecule has 0 amide bonds. The van der Waals surface area contributed by atoms with Crippen molar-refractivity contribution in [3.05, 3.63) is 22.8 Å². The molecule has 2 N–H and O–H groups in total. The van der Waals surface area contributed by atoms with Crippen LogP contribution in [0, 0.1) is 45.8 Å². The van der Waals surface area contributed by atoms with Crippen LogP contribution in [0.2, 0.25) is 0 Å². The van der Waals surface area contributed by atoms with Crippen LogP contribution in [0.4, 0.5) is 0 Å². The molecule has 0 aromatic heterocycles. The molecule has 4 rings (SSSR count). The van der Waals surface area contributed by atoms with Crippen molar-refractivity contribution in [2.45, 2.75) is 112 Å². The summed E-state index contributed by atoms with van der Waals surface area (Å²) >= 11 is 0. The lowest BCUT2D eigenvalue weighted by Gasteiger charge is -2.65. The minimum absolute atomic E-state index is 0.0280. The number of aliphatic hydroxyl groups is 1. The van der Waals surface area contributed by atoms with Crippen LogP contribution >= 0.6 is 0 Å². The predicted octanol–water partition coefficient (Wildman–Crippen LogP) is 7.40. The fraction of sp³-hybridized carbons (Fsp3) is 0.833. The fourth-order valence-corrected chi connectivity index (χ4v) is 9.37. The number of allylic oxidation sites excluding steroid dienone is 3. The standard InChI is InChI=1S/C30H48O3/c1-18(2)9-8-10-19(3)20-13-15-30(7)22-11-12-24-28(4,5)25(31)14-16-29(24,6)23(22)17-21(26(20)30)27(32)33/h9,19,21-25,31H,8,10-17H2,1-7H3,(H,32,33)/t19-,21-,22-,23+,24+,25+,29-,30+/m1/s1. The van der Waals surface area contributed by atoms with Gasteiger partial charge in [-0.2, -0.15) is 0 Å². The largest absolute Gasteiger partial charge is 0.481 e. The van der Waals surface area contributed by atoms with Gasteiger partial charge >= 0.3 is 5.97 Å². The number of hydrogen-bond acceptors (Lipinski definition) is 2. The van der Waals surface area contributed by atoms with Gasteiger partial charge in [0.15, 0.2) is 0 Å². The third kappa shape index (κ3) is 3.85. The highest BCUT2D eigenvalue weighted by molar-refractivity contribution is 5.75. The Morgan fingerprint density at radius 1 is 1.09 bits per heavy atom. The van der Waals surface area contributed by atoms with E-state index in [4.69, 9.17) is 0 Å². The first-order valence-electron chi connectivity index (χ1n) is 13.6. The molecule has 0 bridgehead atoms. The molecule has 3 fully saturated rings. The zero-order valence-electron chi connectivity index (χ0n) is 22.2. The van der Waals surface area contributed by atoms with Gasteiger partial charge in [0, 0.05) is 0 Å². The molecule has 4 aliphatic carbocycles. The van der Waals surface area contributed by atoms with Gasteiger partial charge in [-0.3, -0.25) is 4.79 Å². The van der Waals surface area contributed by atoms with E-state index in [2.05, 4.69) is 54.5 Å². The second-order valence-electron chi connectivity index (χ2n) is 13.5. The third-order valence-electron chi connectivity index (χ3n) is 11.2. The van der Waals surface area contributed by atoms with Crippen molar-refractivity contribution in [1.29, 1.82) is 0 Å². The van der Waals surface area contributed by atoms with Crippen molar-refractivity contribution >= 4 is 5.97 Å². The third-order valence-corrected chi connectivity index (χ3v) is 11.2. The highest BCUT2D eigenvalue weighted by atomic mass is 16.4. The highest BCUT2D eigenvalue weighted by Gasteiger charge is 2.64. The van der Waals surface area contributed by atoms with Gasteiger partial charge in [0.1, 0.15) is 0 Å². The number of carbonyl (C=O) groups is 1. The van der Waals surface area contributed by atoms with E-state index in [-0.39, 0.29) is 28.3 Å². The predicted molar refractivity (Wildman–Crippen MR) is 135 cm³/mol. The van der Waals surface area contributed by atoms with Crippen molar-refractivity contribution in [2.75, 3.05) is 0 Å². The van der Waals surface area contributed by atoms with Crippen LogP contribution in [0.15, 0.2) is 22.8 Å². The maximum Gasteiger partial charge on any atom is 0.310 e. The van der Waals surface area contributed by atoms with Crippen LogP contribution in [-0.2, 0) is 4.79 Å². The molecule has 3 nitrogen and oxygen atoms in total. The molecule has 0 aromatic rings. The van der Waals surface area contributed by atoms with Crippen molar-refractivity contribution in [3.63, 3.8) is 0 Å². The van der Waals surface area contributed by atoms with Crippen LogP contribution in [0.1, 0.15) is 106 Å². The van der Waals surface area contributed by atoms with Gasteiger partial charge in [-0.1, -0.05) is 57.4 Å². The zero-order valence-corrected chi connectivity index (χ0v) is 22.2. The summed E-state index contributed by atoms with van der Waals surface area (Å²) in [6, 6.07) is 0. The van der Waals surface area contributed by atoms with E-state index in [1.54, 1.807) is 0 Å². The van der Waals surface area contributed by atoms with Gasteiger partial charge in [-0.15, -0.1) is 0 Å². The van der Waals surface area contributed by atoms with Crippen LogP contribution in [0.25, 0.3) is 0 Å². The summed E-state index contributed by atoms with van der Waals surface area (Å²) < 4.78 is 0. The van der Waals surface area contributed by atoms with Crippen LogP contribution in [0.5, 0.6) is 0 Å². The monoisotopic (exact) mass is 456 g/mol. The van der Waals surface area contributed by atoms with E-state index in [1.165, 1.54) is 29.6 Å². The summed E-state index contributed by atoms with van der Waals surface area (Å²) in [5, 5.41) is 21.3. The molecule has 0 unspecified atom stereocenters. The summed E-state index contributed by atoms with van der Waals surface area (Å²) in [5.41, 5.74) is 4.25. The second-order valence-corrected chi connectivity index (χ2v) is 13.5. The van der Waals surface area contributed by atoms with Gasteiger partial charge in [-0.05, 0) is 112 Å². The lowest BCUT2D eigenvalue weighted by Crippen LogP contribution is -2.60. The van der Waals surface area contributed by atoms with Crippen molar-refractivity contribution in [2.24, 2.45) is 45.8 Å². The van der Waals surface area contributed by atoms with Crippen LogP contribution < -0.4 is 0 Å². The lowest BCUT2D eigenvalue weighted by atomic mass is 9.40. The zero-order chi connectivity index (χ0) is 24.3. The van der Waals surface area contributed by atoms with Gasteiger partial charge in [0.05, 0.1) is 12.0 Å². The quantitative estimate of drug-likeness (QED) is 0.424. The molecule has 0 heterocycles. The molecule has 4 aliphatic rings. The number of hydrogen-bond donors (Lipinski definition) is 2. The maximum absolute atomic E-state index is 12.7. The summed E-state index contributed by atoms with van der Waals surface area (Å²) in [6.45, 7) is 16.0. The molecule has 8 atom stereocenters.